The highest BCUT2D eigenvalue weighted by atomic mass is 16.3. The fourth-order valence-electron chi connectivity index (χ4n) is 3.69. The molecule has 2 aliphatic carbocycles. The van der Waals surface area contributed by atoms with Gasteiger partial charge in [0.25, 0.3) is 0 Å². The molecule has 4 unspecified atom stereocenters. The molecule has 2 rings (SSSR count). The third kappa shape index (κ3) is 5.93. The van der Waals surface area contributed by atoms with Gasteiger partial charge in [-0.1, -0.05) is 39.2 Å². The molecule has 0 bridgehead atoms. The van der Waals surface area contributed by atoms with Crippen molar-refractivity contribution in [1.82, 2.24) is 16.0 Å². The lowest BCUT2D eigenvalue weighted by Crippen LogP contribution is -2.55. The summed E-state index contributed by atoms with van der Waals surface area (Å²) in [6.45, 7) is 3.51. The molecule has 0 aromatic rings. The van der Waals surface area contributed by atoms with Gasteiger partial charge in [0.05, 0.1) is 12.1 Å². The SMILES string of the molecule is CC(C)C(NC(=O)C1=CC(NC(=O)NC2CCCCC2)C(O)C(O)C1)C(N)=O. The lowest BCUT2D eigenvalue weighted by molar-refractivity contribution is -0.126. The molecule has 0 radical (unpaired) electrons. The molecule has 158 valence electrons. The summed E-state index contributed by atoms with van der Waals surface area (Å²) in [6, 6.07) is -2.12. The van der Waals surface area contributed by atoms with Crippen LogP contribution in [0.25, 0.3) is 0 Å². The van der Waals surface area contributed by atoms with Gasteiger partial charge in [0.15, 0.2) is 0 Å². The first kappa shape index (κ1) is 22.2. The van der Waals surface area contributed by atoms with Crippen LogP contribution >= 0.6 is 0 Å². The molecule has 0 spiro atoms. The van der Waals surface area contributed by atoms with E-state index in [-0.39, 0.29) is 24.0 Å². The fraction of sp³-hybridized carbons (Fsp3) is 0.737. The summed E-state index contributed by atoms with van der Waals surface area (Å²) in [5.74, 6) is -1.40. The molecule has 1 fully saturated rings. The first-order valence-electron chi connectivity index (χ1n) is 9.93. The number of hydrogen-bond donors (Lipinski definition) is 6. The lowest BCUT2D eigenvalue weighted by atomic mass is 9.89. The van der Waals surface area contributed by atoms with Gasteiger partial charge in [-0.15, -0.1) is 0 Å². The van der Waals surface area contributed by atoms with E-state index >= 15 is 0 Å². The summed E-state index contributed by atoms with van der Waals surface area (Å²) in [5, 5.41) is 28.4. The number of aliphatic hydroxyl groups is 2. The fourth-order valence-corrected chi connectivity index (χ4v) is 3.69. The van der Waals surface area contributed by atoms with Gasteiger partial charge >= 0.3 is 6.03 Å². The van der Waals surface area contributed by atoms with E-state index in [0.717, 1.165) is 32.1 Å². The smallest absolute Gasteiger partial charge is 0.315 e. The van der Waals surface area contributed by atoms with Crippen molar-refractivity contribution in [2.45, 2.75) is 82.7 Å². The van der Waals surface area contributed by atoms with E-state index in [1.807, 2.05) is 0 Å². The van der Waals surface area contributed by atoms with Crippen LogP contribution in [0, 0.1) is 5.92 Å². The van der Waals surface area contributed by atoms with Crippen LogP contribution in [0.1, 0.15) is 52.4 Å². The van der Waals surface area contributed by atoms with Gasteiger partial charge in [-0.05, 0) is 18.8 Å². The Balaban J connectivity index is 2.03. The summed E-state index contributed by atoms with van der Waals surface area (Å²) in [5.41, 5.74) is 5.51. The molecule has 9 heteroatoms. The number of carbonyl (C=O) groups is 3. The number of aliphatic hydroxyl groups excluding tert-OH is 2. The van der Waals surface area contributed by atoms with E-state index < -0.39 is 42.1 Å². The molecule has 1 saturated carbocycles. The van der Waals surface area contributed by atoms with E-state index in [1.165, 1.54) is 6.08 Å². The van der Waals surface area contributed by atoms with Gasteiger partial charge in [0, 0.05) is 18.0 Å². The Kier molecular flexibility index (Phi) is 7.82. The van der Waals surface area contributed by atoms with Crippen LogP contribution in [0.2, 0.25) is 0 Å². The van der Waals surface area contributed by atoms with Gasteiger partial charge in [0.1, 0.15) is 12.1 Å². The van der Waals surface area contributed by atoms with Crippen molar-refractivity contribution in [3.63, 3.8) is 0 Å². The topological polar surface area (TPSA) is 154 Å². The van der Waals surface area contributed by atoms with Crippen molar-refractivity contribution >= 4 is 17.8 Å². The lowest BCUT2D eigenvalue weighted by Gasteiger charge is -2.32. The molecule has 7 N–H and O–H groups in total. The summed E-state index contributed by atoms with van der Waals surface area (Å²) < 4.78 is 0. The van der Waals surface area contributed by atoms with Crippen molar-refractivity contribution in [3.05, 3.63) is 11.6 Å². The van der Waals surface area contributed by atoms with Gasteiger partial charge in [-0.25, -0.2) is 4.79 Å². The number of carbonyl (C=O) groups excluding carboxylic acids is 3. The third-order valence-electron chi connectivity index (χ3n) is 5.36. The van der Waals surface area contributed by atoms with Crippen LogP contribution < -0.4 is 21.7 Å². The van der Waals surface area contributed by atoms with Gasteiger partial charge < -0.3 is 31.9 Å². The van der Waals surface area contributed by atoms with E-state index in [4.69, 9.17) is 5.73 Å². The summed E-state index contributed by atoms with van der Waals surface area (Å²) in [6.07, 6.45) is 4.02. The number of urea groups is 1. The van der Waals surface area contributed by atoms with Crippen molar-refractivity contribution in [1.29, 1.82) is 0 Å². The van der Waals surface area contributed by atoms with E-state index in [0.29, 0.717) is 0 Å². The summed E-state index contributed by atoms with van der Waals surface area (Å²) in [4.78, 5) is 36.3. The quantitative estimate of drug-likeness (QED) is 0.363. The molecule has 9 nitrogen and oxygen atoms in total. The number of hydrogen-bond acceptors (Lipinski definition) is 5. The highest BCUT2D eigenvalue weighted by molar-refractivity contribution is 5.97. The summed E-state index contributed by atoms with van der Waals surface area (Å²) >= 11 is 0. The van der Waals surface area contributed by atoms with Gasteiger partial charge in [0.2, 0.25) is 11.8 Å². The molecule has 0 saturated heterocycles. The second-order valence-electron chi connectivity index (χ2n) is 8.03. The molecule has 0 aromatic heterocycles. The Morgan fingerprint density at radius 2 is 1.75 bits per heavy atom. The highest BCUT2D eigenvalue weighted by Crippen LogP contribution is 2.21. The highest BCUT2D eigenvalue weighted by Gasteiger charge is 2.35. The zero-order chi connectivity index (χ0) is 20.8. The number of primary amides is 1. The molecule has 0 heterocycles. The zero-order valence-corrected chi connectivity index (χ0v) is 16.5. The van der Waals surface area contributed by atoms with Crippen LogP contribution in [0.5, 0.6) is 0 Å². The van der Waals surface area contributed by atoms with Crippen molar-refractivity contribution in [2.75, 3.05) is 0 Å². The molecular formula is C19H32N4O5. The van der Waals surface area contributed by atoms with Crippen molar-refractivity contribution < 1.29 is 24.6 Å². The second-order valence-corrected chi connectivity index (χ2v) is 8.03. The molecule has 4 amide bonds. The average molecular weight is 396 g/mol. The monoisotopic (exact) mass is 396 g/mol. The Bertz CT molecular complexity index is 615. The number of amides is 4. The van der Waals surface area contributed by atoms with Gasteiger partial charge in [-0.2, -0.15) is 0 Å². The first-order valence-corrected chi connectivity index (χ1v) is 9.93. The number of nitrogens with two attached hydrogens (primary N) is 1. The minimum absolute atomic E-state index is 0.0843. The number of rotatable bonds is 6. The largest absolute Gasteiger partial charge is 0.390 e. The molecule has 4 atom stereocenters. The number of nitrogens with one attached hydrogen (secondary N) is 3. The third-order valence-corrected chi connectivity index (χ3v) is 5.36. The van der Waals surface area contributed by atoms with Crippen LogP contribution in [-0.4, -0.2) is 58.4 Å². The Labute approximate surface area is 165 Å². The van der Waals surface area contributed by atoms with E-state index in [1.54, 1.807) is 13.8 Å². The van der Waals surface area contributed by atoms with Gasteiger partial charge in [-0.3, -0.25) is 9.59 Å². The zero-order valence-electron chi connectivity index (χ0n) is 16.5. The first-order chi connectivity index (χ1) is 13.2. The maximum Gasteiger partial charge on any atom is 0.315 e. The molecule has 28 heavy (non-hydrogen) atoms. The Hall–Kier alpha value is -2.13. The van der Waals surface area contributed by atoms with Crippen LogP contribution in [-0.2, 0) is 9.59 Å². The molecular weight excluding hydrogens is 364 g/mol. The van der Waals surface area contributed by atoms with Crippen LogP contribution in [0.4, 0.5) is 4.79 Å². The molecule has 0 aromatic carbocycles. The van der Waals surface area contributed by atoms with E-state index in [2.05, 4.69) is 16.0 Å². The molecule has 2 aliphatic rings. The molecule has 0 aliphatic heterocycles. The van der Waals surface area contributed by atoms with Crippen LogP contribution in [0.15, 0.2) is 11.6 Å². The normalized spacial score (nSPS) is 26.9. The minimum atomic E-state index is -1.23. The van der Waals surface area contributed by atoms with Crippen molar-refractivity contribution in [2.24, 2.45) is 11.7 Å². The predicted molar refractivity (Wildman–Crippen MR) is 103 cm³/mol. The second kappa shape index (κ2) is 9.88. The maximum atomic E-state index is 12.5. The maximum absolute atomic E-state index is 12.5. The standard InChI is InChI=1S/C19H32N4O5/c1-10(2)15(17(20)26)23-18(27)11-8-13(16(25)14(24)9-11)22-19(28)21-12-6-4-3-5-7-12/h8,10,12-16,24-25H,3-7,9H2,1-2H3,(H2,20,26)(H,23,27)(H2,21,22,28). The minimum Gasteiger partial charge on any atom is -0.390 e. The van der Waals surface area contributed by atoms with E-state index in [9.17, 15) is 24.6 Å². The van der Waals surface area contributed by atoms with Crippen molar-refractivity contribution in [3.8, 4) is 0 Å². The Morgan fingerprint density at radius 3 is 2.32 bits per heavy atom. The Morgan fingerprint density at radius 1 is 1.11 bits per heavy atom. The average Bonchev–Trinajstić information content (AvgIpc) is 2.63. The summed E-state index contributed by atoms with van der Waals surface area (Å²) in [7, 11) is 0. The predicted octanol–water partition coefficient (Wildman–Crippen LogP) is -0.335. The van der Waals surface area contributed by atoms with Crippen LogP contribution in [0.3, 0.4) is 0 Å².